The second-order valence-electron chi connectivity index (χ2n) is 6.32. The predicted molar refractivity (Wildman–Crippen MR) is 78.4 cm³/mol. The summed E-state index contributed by atoms with van der Waals surface area (Å²) in [6.45, 7) is 5.70. The molecule has 1 N–H and O–H groups in total. The third-order valence-corrected chi connectivity index (χ3v) is 5.12. The van der Waals surface area contributed by atoms with Crippen molar-refractivity contribution in [3.8, 4) is 0 Å². The van der Waals surface area contributed by atoms with Crippen molar-refractivity contribution in [1.29, 1.82) is 0 Å². The quantitative estimate of drug-likeness (QED) is 0.803. The van der Waals surface area contributed by atoms with Crippen LogP contribution in [0.1, 0.15) is 58.8 Å². The molecule has 19 heavy (non-hydrogen) atoms. The zero-order valence-corrected chi connectivity index (χ0v) is 12.9. The molecule has 112 valence electrons. The number of hydrogen-bond donors (Lipinski definition) is 1. The van der Waals surface area contributed by atoms with Gasteiger partial charge in [0.05, 0.1) is 18.8 Å². The van der Waals surface area contributed by atoms with Crippen LogP contribution in [0.25, 0.3) is 0 Å². The van der Waals surface area contributed by atoms with Gasteiger partial charge in [-0.05, 0) is 40.2 Å². The maximum atomic E-state index is 6.30. The summed E-state index contributed by atoms with van der Waals surface area (Å²) in [6, 6.07) is 0.662. The molecule has 0 aromatic heterocycles. The molecule has 3 atom stereocenters. The first kappa shape index (κ1) is 15.3. The van der Waals surface area contributed by atoms with Gasteiger partial charge in [0.25, 0.3) is 0 Å². The fourth-order valence-corrected chi connectivity index (χ4v) is 4.00. The van der Waals surface area contributed by atoms with Crippen molar-refractivity contribution < 1.29 is 9.47 Å². The van der Waals surface area contributed by atoms with Gasteiger partial charge in [-0.25, -0.2) is 0 Å². The Hall–Kier alpha value is -0.120. The molecule has 0 aromatic rings. The van der Waals surface area contributed by atoms with Crippen LogP contribution in [0.5, 0.6) is 0 Å². The molecule has 0 amide bonds. The minimum absolute atomic E-state index is 0.225. The fourth-order valence-electron chi connectivity index (χ4n) is 4.00. The van der Waals surface area contributed by atoms with E-state index >= 15 is 0 Å². The summed E-state index contributed by atoms with van der Waals surface area (Å²) in [5.41, 5.74) is 0.408. The molecular weight excluding hydrogens is 238 g/mol. The van der Waals surface area contributed by atoms with E-state index in [2.05, 4.69) is 19.3 Å². The zero-order valence-electron chi connectivity index (χ0n) is 12.9. The molecular formula is C16H31NO2. The van der Waals surface area contributed by atoms with Crippen molar-refractivity contribution in [2.24, 2.45) is 5.41 Å². The maximum absolute atomic E-state index is 6.30. The van der Waals surface area contributed by atoms with Crippen molar-refractivity contribution in [2.75, 3.05) is 20.3 Å². The molecule has 2 fully saturated rings. The third-order valence-electron chi connectivity index (χ3n) is 5.12. The lowest BCUT2D eigenvalue weighted by molar-refractivity contribution is -0.174. The Balaban J connectivity index is 1.92. The van der Waals surface area contributed by atoms with E-state index < -0.39 is 0 Å². The number of hydrogen-bond acceptors (Lipinski definition) is 3. The minimum atomic E-state index is 0.225. The molecule has 0 radical (unpaired) electrons. The van der Waals surface area contributed by atoms with Gasteiger partial charge in [0.2, 0.25) is 0 Å². The molecule has 0 saturated heterocycles. The first-order valence-corrected chi connectivity index (χ1v) is 8.13. The van der Waals surface area contributed by atoms with Crippen molar-refractivity contribution in [3.05, 3.63) is 0 Å². The van der Waals surface area contributed by atoms with E-state index in [1.807, 2.05) is 6.92 Å². The van der Waals surface area contributed by atoms with Gasteiger partial charge in [-0.3, -0.25) is 0 Å². The van der Waals surface area contributed by atoms with Crippen LogP contribution in [0.3, 0.4) is 0 Å². The van der Waals surface area contributed by atoms with Crippen LogP contribution in [-0.4, -0.2) is 38.5 Å². The molecule has 0 aliphatic heterocycles. The van der Waals surface area contributed by atoms with Crippen LogP contribution in [0.15, 0.2) is 0 Å². The van der Waals surface area contributed by atoms with Gasteiger partial charge in [-0.2, -0.15) is 0 Å². The van der Waals surface area contributed by atoms with E-state index in [-0.39, 0.29) is 6.10 Å². The van der Waals surface area contributed by atoms with Crippen molar-refractivity contribution >= 4 is 0 Å². The van der Waals surface area contributed by atoms with Gasteiger partial charge >= 0.3 is 0 Å². The largest absolute Gasteiger partial charge is 0.379 e. The van der Waals surface area contributed by atoms with Gasteiger partial charge in [0, 0.05) is 18.1 Å². The highest BCUT2D eigenvalue weighted by Crippen LogP contribution is 2.52. The third kappa shape index (κ3) is 3.32. The van der Waals surface area contributed by atoms with Crippen molar-refractivity contribution in [3.63, 3.8) is 0 Å². The molecule has 3 heteroatoms. The highest BCUT2D eigenvalue weighted by atomic mass is 16.5. The van der Waals surface area contributed by atoms with Gasteiger partial charge in [0.15, 0.2) is 0 Å². The molecule has 0 aromatic carbocycles. The topological polar surface area (TPSA) is 30.5 Å². The van der Waals surface area contributed by atoms with E-state index in [1.54, 1.807) is 0 Å². The summed E-state index contributed by atoms with van der Waals surface area (Å²) in [5.74, 6) is 0. The van der Waals surface area contributed by atoms with E-state index in [0.717, 1.165) is 13.2 Å². The first-order valence-electron chi connectivity index (χ1n) is 8.13. The van der Waals surface area contributed by atoms with Crippen LogP contribution >= 0.6 is 0 Å². The van der Waals surface area contributed by atoms with E-state index in [4.69, 9.17) is 9.47 Å². The monoisotopic (exact) mass is 269 g/mol. The number of rotatable bonds is 6. The molecule has 2 saturated carbocycles. The minimum Gasteiger partial charge on any atom is -0.379 e. The van der Waals surface area contributed by atoms with Crippen molar-refractivity contribution in [2.45, 2.75) is 77.0 Å². The molecule has 0 heterocycles. The first-order chi connectivity index (χ1) is 9.23. The van der Waals surface area contributed by atoms with E-state index in [0.29, 0.717) is 17.6 Å². The van der Waals surface area contributed by atoms with Crippen molar-refractivity contribution in [1.82, 2.24) is 5.32 Å². The molecule has 2 rings (SSSR count). The normalized spacial score (nSPS) is 31.7. The Bertz CT molecular complexity index is 261. The lowest BCUT2D eigenvalue weighted by Crippen LogP contribution is -2.63. The summed E-state index contributed by atoms with van der Waals surface area (Å²) < 4.78 is 11.8. The van der Waals surface area contributed by atoms with E-state index in [9.17, 15) is 0 Å². The highest BCUT2D eigenvalue weighted by molar-refractivity contribution is 5.08. The average Bonchev–Trinajstić information content (AvgIpc) is 2.68. The second kappa shape index (κ2) is 7.05. The smallest absolute Gasteiger partial charge is 0.0784 e. The SMILES string of the molecule is CCOCC(C)OC1CC(NC)C12CCCCCC2. The molecule has 3 unspecified atom stereocenters. The summed E-state index contributed by atoms with van der Waals surface area (Å²) in [4.78, 5) is 0. The van der Waals surface area contributed by atoms with Crippen LogP contribution < -0.4 is 5.32 Å². The van der Waals surface area contributed by atoms with Gasteiger partial charge in [-0.1, -0.05) is 25.7 Å². The lowest BCUT2D eigenvalue weighted by Gasteiger charge is -2.56. The number of nitrogens with one attached hydrogen (secondary N) is 1. The maximum Gasteiger partial charge on any atom is 0.0784 e. The van der Waals surface area contributed by atoms with Gasteiger partial charge in [-0.15, -0.1) is 0 Å². The fraction of sp³-hybridized carbons (Fsp3) is 1.00. The summed E-state index contributed by atoms with van der Waals surface area (Å²) in [6.07, 6.45) is 10.1. The predicted octanol–water partition coefficient (Wildman–Crippen LogP) is 3.13. The van der Waals surface area contributed by atoms with E-state index in [1.165, 1.54) is 44.9 Å². The standard InChI is InChI=1S/C16H31NO2/c1-4-18-12-13(2)19-15-11-14(17-3)16(15)9-7-5-6-8-10-16/h13-15,17H,4-12H2,1-3H3. The Labute approximate surface area is 118 Å². The highest BCUT2D eigenvalue weighted by Gasteiger charge is 2.54. The second-order valence-corrected chi connectivity index (χ2v) is 6.32. The van der Waals surface area contributed by atoms with Crippen LogP contribution in [0.4, 0.5) is 0 Å². The summed E-state index contributed by atoms with van der Waals surface area (Å²) in [7, 11) is 2.11. The van der Waals surface area contributed by atoms with Crippen LogP contribution in [0, 0.1) is 5.41 Å². The Morgan fingerprint density at radius 2 is 1.89 bits per heavy atom. The van der Waals surface area contributed by atoms with Gasteiger partial charge < -0.3 is 14.8 Å². The number of ether oxygens (including phenoxy) is 2. The molecule has 3 nitrogen and oxygen atoms in total. The lowest BCUT2D eigenvalue weighted by atomic mass is 9.58. The average molecular weight is 269 g/mol. The molecule has 1 spiro atoms. The molecule has 2 aliphatic rings. The Morgan fingerprint density at radius 1 is 1.21 bits per heavy atom. The van der Waals surface area contributed by atoms with Crippen LogP contribution in [-0.2, 0) is 9.47 Å². The molecule has 2 aliphatic carbocycles. The Kier molecular flexibility index (Phi) is 5.67. The Morgan fingerprint density at radius 3 is 2.47 bits per heavy atom. The van der Waals surface area contributed by atoms with Gasteiger partial charge in [0.1, 0.15) is 0 Å². The molecule has 0 bridgehead atoms. The zero-order chi connectivity index (χ0) is 13.7. The summed E-state index contributed by atoms with van der Waals surface area (Å²) in [5, 5.41) is 3.52. The summed E-state index contributed by atoms with van der Waals surface area (Å²) >= 11 is 0. The van der Waals surface area contributed by atoms with Crippen LogP contribution in [0.2, 0.25) is 0 Å².